The third kappa shape index (κ3) is 2.93. The van der Waals surface area contributed by atoms with Crippen molar-refractivity contribution in [3.05, 3.63) is 23.2 Å². The minimum absolute atomic E-state index is 0.0481. The van der Waals surface area contributed by atoms with Crippen molar-refractivity contribution in [1.29, 1.82) is 0 Å². The number of hydrogen-bond acceptors (Lipinski definition) is 4. The lowest BCUT2D eigenvalue weighted by molar-refractivity contribution is 0.580. The van der Waals surface area contributed by atoms with Crippen molar-refractivity contribution < 1.29 is 8.42 Å². The first kappa shape index (κ1) is 14.0. The third-order valence-electron chi connectivity index (χ3n) is 3.09. The van der Waals surface area contributed by atoms with Gasteiger partial charge in [-0.2, -0.15) is 11.8 Å². The molecule has 18 heavy (non-hydrogen) atoms. The van der Waals surface area contributed by atoms with Crippen LogP contribution in [-0.4, -0.2) is 26.0 Å². The van der Waals surface area contributed by atoms with Crippen LogP contribution in [0.5, 0.6) is 0 Å². The van der Waals surface area contributed by atoms with Crippen LogP contribution in [0.1, 0.15) is 12.8 Å². The van der Waals surface area contributed by atoms with Gasteiger partial charge in [-0.3, -0.25) is 0 Å². The molecule has 3 N–H and O–H groups in total. The van der Waals surface area contributed by atoms with E-state index in [1.807, 2.05) is 6.26 Å². The van der Waals surface area contributed by atoms with Gasteiger partial charge in [0.2, 0.25) is 10.0 Å². The van der Waals surface area contributed by atoms with Crippen LogP contribution in [0.15, 0.2) is 23.1 Å². The van der Waals surface area contributed by atoms with Gasteiger partial charge in [-0.25, -0.2) is 13.1 Å². The molecule has 0 amide bonds. The molecule has 0 atom stereocenters. The average molecular weight is 307 g/mol. The Morgan fingerprint density at radius 3 is 2.72 bits per heavy atom. The van der Waals surface area contributed by atoms with E-state index in [9.17, 15) is 8.42 Å². The molecule has 0 unspecified atom stereocenters. The van der Waals surface area contributed by atoms with Crippen molar-refractivity contribution >= 4 is 39.1 Å². The van der Waals surface area contributed by atoms with E-state index in [1.165, 1.54) is 12.1 Å². The molecule has 0 aliphatic heterocycles. The van der Waals surface area contributed by atoms with E-state index >= 15 is 0 Å². The highest BCUT2D eigenvalue weighted by molar-refractivity contribution is 8.00. The van der Waals surface area contributed by atoms with Gasteiger partial charge >= 0.3 is 0 Å². The van der Waals surface area contributed by atoms with E-state index < -0.39 is 10.0 Å². The highest BCUT2D eigenvalue weighted by Gasteiger charge is 2.42. The molecule has 100 valence electrons. The monoisotopic (exact) mass is 306 g/mol. The Labute approximate surface area is 116 Å². The van der Waals surface area contributed by atoms with Crippen LogP contribution in [0.3, 0.4) is 0 Å². The van der Waals surface area contributed by atoms with Crippen LogP contribution in [0.2, 0.25) is 5.02 Å². The number of anilines is 1. The predicted molar refractivity (Wildman–Crippen MR) is 76.5 cm³/mol. The summed E-state index contributed by atoms with van der Waals surface area (Å²) >= 11 is 7.50. The highest BCUT2D eigenvalue weighted by Crippen LogP contribution is 2.46. The number of benzene rings is 1. The van der Waals surface area contributed by atoms with E-state index in [0.717, 1.165) is 12.8 Å². The molecule has 0 aromatic heterocycles. The lowest BCUT2D eigenvalue weighted by Gasteiger charge is -2.14. The molecule has 1 fully saturated rings. The number of thioether (sulfide) groups is 1. The average Bonchev–Trinajstić information content (AvgIpc) is 3.11. The molecule has 0 spiro atoms. The second kappa shape index (κ2) is 4.92. The second-order valence-corrected chi connectivity index (χ2v) is 7.84. The predicted octanol–water partition coefficient (Wildman–Crippen LogP) is 2.10. The molecule has 1 aromatic carbocycles. The topological polar surface area (TPSA) is 72.2 Å². The number of sulfonamides is 1. The number of rotatable bonds is 5. The Kier molecular flexibility index (Phi) is 3.82. The normalized spacial score (nSPS) is 17.7. The molecule has 0 bridgehead atoms. The number of nitrogens with one attached hydrogen (secondary N) is 1. The zero-order valence-electron chi connectivity index (χ0n) is 9.94. The molecule has 0 radical (unpaired) electrons. The summed E-state index contributed by atoms with van der Waals surface area (Å²) < 4.78 is 27.0. The molecule has 1 aliphatic carbocycles. The van der Waals surface area contributed by atoms with E-state index in [2.05, 4.69) is 4.72 Å². The van der Waals surface area contributed by atoms with Gasteiger partial charge in [0.05, 0.1) is 5.69 Å². The van der Waals surface area contributed by atoms with Gasteiger partial charge in [-0.1, -0.05) is 11.6 Å². The number of hydrogen-bond donors (Lipinski definition) is 2. The molecule has 4 nitrogen and oxygen atoms in total. The summed E-state index contributed by atoms with van der Waals surface area (Å²) in [4.78, 5) is 0.0481. The van der Waals surface area contributed by atoms with Crippen molar-refractivity contribution in [3.8, 4) is 0 Å². The Bertz CT molecular complexity index is 556. The van der Waals surface area contributed by atoms with Crippen LogP contribution >= 0.6 is 23.4 Å². The zero-order chi connectivity index (χ0) is 13.4. The molecule has 1 saturated carbocycles. The fourth-order valence-electron chi connectivity index (χ4n) is 1.64. The molecular formula is C11H15ClN2O2S2. The van der Waals surface area contributed by atoms with Gasteiger partial charge in [0.15, 0.2) is 0 Å². The highest BCUT2D eigenvalue weighted by atomic mass is 35.5. The first-order valence-corrected chi connectivity index (χ1v) is 8.57. The summed E-state index contributed by atoms with van der Waals surface area (Å²) in [7, 11) is -3.59. The molecule has 0 heterocycles. The third-order valence-corrected chi connectivity index (χ3v) is 6.20. The van der Waals surface area contributed by atoms with Gasteiger partial charge in [-0.15, -0.1) is 0 Å². The SMILES string of the molecule is CSC1(CNS(=O)(=O)c2cc(Cl)ccc2N)CC1. The summed E-state index contributed by atoms with van der Waals surface area (Å²) in [5.41, 5.74) is 5.89. The van der Waals surface area contributed by atoms with Crippen molar-refractivity contribution in [2.45, 2.75) is 22.5 Å². The van der Waals surface area contributed by atoms with Crippen molar-refractivity contribution in [1.82, 2.24) is 4.72 Å². The van der Waals surface area contributed by atoms with E-state index in [0.29, 0.717) is 11.6 Å². The fraction of sp³-hybridized carbons (Fsp3) is 0.455. The van der Waals surface area contributed by atoms with Crippen molar-refractivity contribution in [2.24, 2.45) is 0 Å². The first-order chi connectivity index (χ1) is 8.38. The van der Waals surface area contributed by atoms with E-state index in [4.69, 9.17) is 17.3 Å². The fourth-order valence-corrected chi connectivity index (χ4v) is 3.97. The van der Waals surface area contributed by atoms with Gasteiger partial charge < -0.3 is 5.73 Å². The Balaban J connectivity index is 2.18. The van der Waals surface area contributed by atoms with Crippen LogP contribution < -0.4 is 10.5 Å². The molecular weight excluding hydrogens is 292 g/mol. The maximum absolute atomic E-state index is 12.1. The number of nitrogen functional groups attached to an aromatic ring is 1. The van der Waals surface area contributed by atoms with E-state index in [1.54, 1.807) is 17.8 Å². The van der Waals surface area contributed by atoms with Gasteiger partial charge in [-0.05, 0) is 37.3 Å². The quantitative estimate of drug-likeness (QED) is 0.817. The smallest absolute Gasteiger partial charge is 0.242 e. The zero-order valence-corrected chi connectivity index (χ0v) is 12.3. The summed E-state index contributed by atoms with van der Waals surface area (Å²) in [6, 6.07) is 4.44. The summed E-state index contributed by atoms with van der Waals surface area (Å²) in [5.74, 6) is 0. The standard InChI is InChI=1S/C11H15ClN2O2S2/c1-17-11(4-5-11)7-14-18(15,16)10-6-8(12)2-3-9(10)13/h2-3,6,14H,4-5,7,13H2,1H3. The van der Waals surface area contributed by atoms with Gasteiger partial charge in [0.25, 0.3) is 0 Å². The lowest BCUT2D eigenvalue weighted by atomic mass is 10.3. The summed E-state index contributed by atoms with van der Waals surface area (Å²) in [6.45, 7) is 0.433. The van der Waals surface area contributed by atoms with Crippen LogP contribution in [0.25, 0.3) is 0 Å². The largest absolute Gasteiger partial charge is 0.398 e. The molecule has 0 saturated heterocycles. The number of halogens is 1. The minimum Gasteiger partial charge on any atom is -0.398 e. The summed E-state index contributed by atoms with van der Waals surface area (Å²) in [5, 5.41) is 0.357. The Morgan fingerprint density at radius 1 is 1.50 bits per heavy atom. The van der Waals surface area contributed by atoms with Crippen molar-refractivity contribution in [2.75, 3.05) is 18.5 Å². The maximum Gasteiger partial charge on any atom is 0.242 e. The Hall–Kier alpha value is -0.430. The van der Waals surface area contributed by atoms with Crippen molar-refractivity contribution in [3.63, 3.8) is 0 Å². The number of nitrogens with two attached hydrogens (primary N) is 1. The first-order valence-electron chi connectivity index (χ1n) is 5.48. The molecule has 7 heteroatoms. The maximum atomic E-state index is 12.1. The van der Waals surface area contributed by atoms with Crippen LogP contribution in [-0.2, 0) is 10.0 Å². The summed E-state index contributed by atoms with van der Waals surface area (Å²) in [6.07, 6.45) is 4.08. The van der Waals surface area contributed by atoms with Gasteiger partial charge in [0, 0.05) is 16.3 Å². The second-order valence-electron chi connectivity index (χ2n) is 4.39. The lowest BCUT2D eigenvalue weighted by Crippen LogP contribution is -2.32. The van der Waals surface area contributed by atoms with Gasteiger partial charge in [0.1, 0.15) is 4.90 Å². The molecule has 1 aliphatic rings. The van der Waals surface area contributed by atoms with Crippen LogP contribution in [0, 0.1) is 0 Å². The van der Waals surface area contributed by atoms with E-state index in [-0.39, 0.29) is 15.3 Å². The van der Waals surface area contributed by atoms with Crippen LogP contribution in [0.4, 0.5) is 5.69 Å². The molecule has 2 rings (SSSR count). The Morgan fingerprint density at radius 2 is 2.17 bits per heavy atom. The minimum atomic E-state index is -3.59. The molecule has 1 aromatic rings.